The Hall–Kier alpha value is -2.30. The zero-order chi connectivity index (χ0) is 22.6. The molecule has 0 saturated carbocycles. The first-order chi connectivity index (χ1) is 14.7. The van der Waals surface area contributed by atoms with Crippen molar-refractivity contribution in [1.29, 1.82) is 0 Å². The largest absolute Gasteiger partial charge is 0.458 e. The molecule has 1 aliphatic heterocycles. The van der Waals surface area contributed by atoms with Crippen LogP contribution in [0.15, 0.2) is 29.6 Å². The summed E-state index contributed by atoms with van der Waals surface area (Å²) in [5.41, 5.74) is 2.25. The van der Waals surface area contributed by atoms with Crippen molar-refractivity contribution >= 4 is 44.1 Å². The summed E-state index contributed by atoms with van der Waals surface area (Å²) in [5, 5.41) is 2.21. The summed E-state index contributed by atoms with van der Waals surface area (Å²) in [6.45, 7) is 5.47. The molecular formula is C21H27N3O5S2. The quantitative estimate of drug-likeness (QED) is 0.555. The maximum Gasteiger partial charge on any atom is 0.324 e. The molecule has 2 heterocycles. The van der Waals surface area contributed by atoms with E-state index in [4.69, 9.17) is 4.74 Å². The lowest BCUT2D eigenvalue weighted by Crippen LogP contribution is -2.42. The summed E-state index contributed by atoms with van der Waals surface area (Å²) < 4.78 is 31.4. The molecule has 10 heteroatoms. The average Bonchev–Trinajstić information content (AvgIpc) is 3.36. The van der Waals surface area contributed by atoms with Crippen LogP contribution in [-0.4, -0.2) is 47.9 Å². The minimum atomic E-state index is -3.46. The Morgan fingerprint density at radius 2 is 2.13 bits per heavy atom. The maximum atomic E-state index is 12.6. The predicted octanol–water partition coefficient (Wildman–Crippen LogP) is 3.38. The van der Waals surface area contributed by atoms with E-state index < -0.39 is 22.0 Å². The number of amides is 1. The monoisotopic (exact) mass is 465 g/mol. The molecule has 1 atom stereocenters. The van der Waals surface area contributed by atoms with Crippen LogP contribution in [0.4, 0.5) is 10.8 Å². The third kappa shape index (κ3) is 5.50. The molecular weight excluding hydrogens is 438 g/mol. The molecule has 3 rings (SSSR count). The number of rotatable bonds is 8. The number of thiazole rings is 1. The molecule has 0 N–H and O–H groups in total. The number of hydrogen-bond acceptors (Lipinski definition) is 7. The van der Waals surface area contributed by atoms with Gasteiger partial charge in [0.15, 0.2) is 5.13 Å². The standard InChI is InChI=1S/C21H27N3O5S2/c1-4-11-31(27,28)23-10-6-9-19(23)20(26)29-13-17-14-30-21(22-17)24(16(3)25)18-8-5-7-15(2)12-18/h5,7-8,12,14,19H,4,6,9-11,13H2,1-3H3/t19-/m0/s1. The van der Waals surface area contributed by atoms with E-state index >= 15 is 0 Å². The number of carbonyl (C=O) groups excluding carboxylic acids is 2. The molecule has 1 aromatic carbocycles. The molecule has 8 nitrogen and oxygen atoms in total. The molecule has 0 spiro atoms. The number of hydrogen-bond donors (Lipinski definition) is 0. The smallest absolute Gasteiger partial charge is 0.324 e. The Morgan fingerprint density at radius 1 is 1.35 bits per heavy atom. The van der Waals surface area contributed by atoms with Crippen molar-refractivity contribution in [3.05, 3.63) is 40.9 Å². The zero-order valence-corrected chi connectivity index (χ0v) is 19.5. The number of ether oxygens (including phenoxy) is 1. The van der Waals surface area contributed by atoms with Crippen LogP contribution >= 0.6 is 11.3 Å². The van der Waals surface area contributed by atoms with Crippen LogP contribution in [0, 0.1) is 6.92 Å². The molecule has 168 valence electrons. The van der Waals surface area contributed by atoms with E-state index in [1.54, 1.807) is 12.3 Å². The molecule has 0 bridgehead atoms. The van der Waals surface area contributed by atoms with Crippen LogP contribution in [-0.2, 0) is 31.0 Å². The lowest BCUT2D eigenvalue weighted by Gasteiger charge is -2.22. The fourth-order valence-corrected chi connectivity index (χ4v) is 6.19. The van der Waals surface area contributed by atoms with E-state index in [-0.39, 0.29) is 18.3 Å². The van der Waals surface area contributed by atoms with E-state index in [0.717, 1.165) is 5.56 Å². The number of esters is 1. The van der Waals surface area contributed by atoms with Gasteiger partial charge in [-0.05, 0) is 43.9 Å². The van der Waals surface area contributed by atoms with Crippen molar-refractivity contribution in [3.63, 3.8) is 0 Å². The minimum Gasteiger partial charge on any atom is -0.458 e. The lowest BCUT2D eigenvalue weighted by molar-refractivity contribution is -0.148. The third-order valence-electron chi connectivity index (χ3n) is 4.96. The van der Waals surface area contributed by atoms with E-state index in [9.17, 15) is 18.0 Å². The second-order valence-corrected chi connectivity index (χ2v) is 10.4. The summed E-state index contributed by atoms with van der Waals surface area (Å²) in [6, 6.07) is 6.77. The Morgan fingerprint density at radius 3 is 2.81 bits per heavy atom. The molecule has 2 aromatic rings. The fourth-order valence-electron chi connectivity index (χ4n) is 3.58. The first-order valence-electron chi connectivity index (χ1n) is 10.2. The van der Waals surface area contributed by atoms with Crippen molar-refractivity contribution in [3.8, 4) is 0 Å². The SMILES string of the molecule is CCCS(=O)(=O)N1CCC[C@H]1C(=O)OCc1csc(N(C(C)=O)c2cccc(C)c2)n1. The van der Waals surface area contributed by atoms with Crippen molar-refractivity contribution in [2.75, 3.05) is 17.2 Å². The normalized spacial score (nSPS) is 16.9. The Labute approximate surface area is 186 Å². The molecule has 1 aromatic heterocycles. The Bertz CT molecular complexity index is 1050. The van der Waals surface area contributed by atoms with Gasteiger partial charge in [-0.15, -0.1) is 11.3 Å². The van der Waals surface area contributed by atoms with Gasteiger partial charge in [-0.25, -0.2) is 13.4 Å². The second-order valence-electron chi connectivity index (χ2n) is 7.51. The highest BCUT2D eigenvalue weighted by atomic mass is 32.2. The molecule has 31 heavy (non-hydrogen) atoms. The number of nitrogens with zero attached hydrogens (tertiary/aromatic N) is 3. The van der Waals surface area contributed by atoms with E-state index in [1.807, 2.05) is 31.2 Å². The number of aromatic nitrogens is 1. The molecule has 1 fully saturated rings. The van der Waals surface area contributed by atoms with Crippen molar-refractivity contribution in [2.24, 2.45) is 0 Å². The van der Waals surface area contributed by atoms with E-state index in [1.165, 1.54) is 27.5 Å². The van der Waals surface area contributed by atoms with Gasteiger partial charge in [0.1, 0.15) is 12.6 Å². The van der Waals surface area contributed by atoms with E-state index in [0.29, 0.717) is 42.3 Å². The predicted molar refractivity (Wildman–Crippen MR) is 120 cm³/mol. The van der Waals surface area contributed by atoms with Crippen molar-refractivity contribution in [2.45, 2.75) is 52.7 Å². The van der Waals surface area contributed by atoms with Crippen LogP contribution in [0.1, 0.15) is 44.4 Å². The number of aryl methyl sites for hydroxylation is 1. The summed E-state index contributed by atoms with van der Waals surface area (Å²) >= 11 is 1.28. The summed E-state index contributed by atoms with van der Waals surface area (Å²) in [4.78, 5) is 30.8. The zero-order valence-electron chi connectivity index (χ0n) is 17.9. The fraction of sp³-hybridized carbons (Fsp3) is 0.476. The maximum absolute atomic E-state index is 12.6. The highest BCUT2D eigenvalue weighted by molar-refractivity contribution is 7.89. The van der Waals surface area contributed by atoms with Gasteiger partial charge in [-0.1, -0.05) is 19.1 Å². The molecule has 0 unspecified atom stereocenters. The number of anilines is 2. The number of carbonyl (C=O) groups is 2. The van der Waals surface area contributed by atoms with Gasteiger partial charge in [-0.2, -0.15) is 4.31 Å². The molecule has 1 amide bonds. The van der Waals surface area contributed by atoms with Gasteiger partial charge < -0.3 is 4.74 Å². The molecule has 0 aliphatic carbocycles. The first kappa shape index (κ1) is 23.4. The molecule has 1 saturated heterocycles. The van der Waals surface area contributed by atoms with Gasteiger partial charge >= 0.3 is 5.97 Å². The Balaban J connectivity index is 1.68. The second kappa shape index (κ2) is 9.88. The summed E-state index contributed by atoms with van der Waals surface area (Å²) in [7, 11) is -3.46. The van der Waals surface area contributed by atoms with Gasteiger partial charge in [0.25, 0.3) is 0 Å². The topological polar surface area (TPSA) is 96.9 Å². The van der Waals surface area contributed by atoms with Gasteiger partial charge in [0, 0.05) is 18.8 Å². The highest BCUT2D eigenvalue weighted by Crippen LogP contribution is 2.30. The van der Waals surface area contributed by atoms with Crippen LogP contribution in [0.5, 0.6) is 0 Å². The van der Waals surface area contributed by atoms with Crippen LogP contribution in [0.2, 0.25) is 0 Å². The minimum absolute atomic E-state index is 0.0199. The summed E-state index contributed by atoms with van der Waals surface area (Å²) in [5.74, 6) is -0.716. The first-order valence-corrected chi connectivity index (χ1v) is 12.7. The van der Waals surface area contributed by atoms with Crippen LogP contribution in [0.3, 0.4) is 0 Å². The lowest BCUT2D eigenvalue weighted by atomic mass is 10.2. The van der Waals surface area contributed by atoms with Crippen molar-refractivity contribution in [1.82, 2.24) is 9.29 Å². The van der Waals surface area contributed by atoms with Gasteiger partial charge in [-0.3, -0.25) is 14.5 Å². The summed E-state index contributed by atoms with van der Waals surface area (Å²) in [6.07, 6.45) is 1.58. The molecule has 1 aliphatic rings. The number of benzene rings is 1. The van der Waals surface area contributed by atoms with Crippen molar-refractivity contribution < 1.29 is 22.7 Å². The van der Waals surface area contributed by atoms with E-state index in [2.05, 4.69) is 4.98 Å². The average molecular weight is 466 g/mol. The molecule has 0 radical (unpaired) electrons. The number of sulfonamides is 1. The highest BCUT2D eigenvalue weighted by Gasteiger charge is 2.39. The van der Waals surface area contributed by atoms with Gasteiger partial charge in [0.2, 0.25) is 15.9 Å². The Kier molecular flexibility index (Phi) is 7.45. The van der Waals surface area contributed by atoms with Crippen LogP contribution in [0.25, 0.3) is 0 Å². The third-order valence-corrected chi connectivity index (χ3v) is 7.91. The van der Waals surface area contributed by atoms with Crippen LogP contribution < -0.4 is 4.90 Å². The van der Waals surface area contributed by atoms with Gasteiger partial charge in [0.05, 0.1) is 17.1 Å².